The van der Waals surface area contributed by atoms with E-state index in [-0.39, 0.29) is 45.7 Å². The van der Waals surface area contributed by atoms with Crippen LogP contribution in [0.3, 0.4) is 0 Å². The van der Waals surface area contributed by atoms with Gasteiger partial charge in [-0.1, -0.05) is 72.8 Å². The summed E-state index contributed by atoms with van der Waals surface area (Å²) >= 11 is 0. The van der Waals surface area contributed by atoms with Gasteiger partial charge in [0.1, 0.15) is 34.4 Å². The van der Waals surface area contributed by atoms with Crippen LogP contribution in [0.15, 0.2) is 121 Å². The molecule has 0 atom stereocenters. The highest BCUT2D eigenvalue weighted by Crippen LogP contribution is 2.58. The second-order valence-corrected chi connectivity index (χ2v) is 9.38. The zero-order valence-corrected chi connectivity index (χ0v) is 22.5. The van der Waals surface area contributed by atoms with E-state index in [9.17, 15) is 0 Å². The van der Waals surface area contributed by atoms with E-state index in [0.29, 0.717) is 33.8 Å². The van der Waals surface area contributed by atoms with Gasteiger partial charge in [-0.25, -0.2) is 0 Å². The van der Waals surface area contributed by atoms with Crippen LogP contribution in [-0.4, -0.2) is 0 Å². The maximum Gasteiger partial charge on any atom is 0.177 e. The number of hydrogen-bond donors (Lipinski definition) is 4. The minimum absolute atomic E-state index is 0.140. The van der Waals surface area contributed by atoms with Crippen molar-refractivity contribution in [3.63, 3.8) is 0 Å². The van der Waals surface area contributed by atoms with Gasteiger partial charge in [-0.15, -0.1) is 0 Å². The summed E-state index contributed by atoms with van der Waals surface area (Å²) in [4.78, 5) is 0. The van der Waals surface area contributed by atoms with E-state index in [2.05, 4.69) is 0 Å². The molecule has 0 aliphatic rings. The number of rotatable bonds is 8. The van der Waals surface area contributed by atoms with Crippen molar-refractivity contribution in [2.24, 2.45) is 0 Å². The van der Waals surface area contributed by atoms with E-state index in [0.717, 1.165) is 0 Å². The Morgan fingerprint density at radius 2 is 0.548 bits per heavy atom. The van der Waals surface area contributed by atoms with Crippen molar-refractivity contribution in [2.75, 3.05) is 22.9 Å². The molecule has 8 nitrogen and oxygen atoms in total. The monoisotopic (exact) mass is 556 g/mol. The summed E-state index contributed by atoms with van der Waals surface area (Å²) in [6.45, 7) is 0. The molecule has 0 fully saturated rings. The molecule has 0 heterocycles. The number of ether oxygens (including phenoxy) is 4. The molecule has 0 saturated heterocycles. The van der Waals surface area contributed by atoms with E-state index in [4.69, 9.17) is 41.9 Å². The Bertz CT molecular complexity index is 1720. The molecule has 0 aliphatic carbocycles. The fraction of sp³-hybridized carbons (Fsp3) is 0. The lowest BCUT2D eigenvalue weighted by Crippen LogP contribution is -2.07. The summed E-state index contributed by atoms with van der Waals surface area (Å²) < 4.78 is 25.3. The second kappa shape index (κ2) is 11.2. The number of benzene rings is 6. The lowest BCUT2D eigenvalue weighted by Gasteiger charge is -2.24. The van der Waals surface area contributed by atoms with E-state index >= 15 is 0 Å². The van der Waals surface area contributed by atoms with Crippen LogP contribution in [0, 0.1) is 0 Å². The van der Waals surface area contributed by atoms with Crippen molar-refractivity contribution in [3.8, 4) is 46.0 Å². The van der Waals surface area contributed by atoms with Crippen LogP contribution in [0.2, 0.25) is 0 Å². The number of hydrogen-bond acceptors (Lipinski definition) is 8. The molecule has 0 bridgehead atoms. The van der Waals surface area contributed by atoms with Crippen LogP contribution < -0.4 is 41.9 Å². The molecule has 0 aromatic heterocycles. The minimum atomic E-state index is 0.140. The van der Waals surface area contributed by atoms with Gasteiger partial charge < -0.3 is 41.9 Å². The number of nitrogens with two attached hydrogens (primary N) is 4. The van der Waals surface area contributed by atoms with Gasteiger partial charge in [-0.05, 0) is 48.5 Å². The number of nitrogen functional groups attached to an aromatic ring is 4. The molecule has 0 saturated carbocycles. The fourth-order valence-corrected chi connectivity index (χ4v) is 4.59. The predicted molar refractivity (Wildman–Crippen MR) is 168 cm³/mol. The van der Waals surface area contributed by atoms with E-state index in [1.165, 1.54) is 0 Å². The van der Waals surface area contributed by atoms with Crippen molar-refractivity contribution in [1.82, 2.24) is 0 Å². The summed E-state index contributed by atoms with van der Waals surface area (Å²) in [5, 5.41) is 0.723. The van der Waals surface area contributed by atoms with Gasteiger partial charge >= 0.3 is 0 Å². The third kappa shape index (κ3) is 5.00. The molecule has 8 N–H and O–H groups in total. The molecule has 6 rings (SSSR count). The minimum Gasteiger partial charge on any atom is -0.454 e. The van der Waals surface area contributed by atoms with Crippen LogP contribution >= 0.6 is 0 Å². The van der Waals surface area contributed by atoms with Crippen molar-refractivity contribution in [1.29, 1.82) is 0 Å². The van der Waals surface area contributed by atoms with Gasteiger partial charge in [0.05, 0.1) is 16.8 Å². The molecule has 42 heavy (non-hydrogen) atoms. The van der Waals surface area contributed by atoms with Crippen LogP contribution in [0.4, 0.5) is 22.7 Å². The molecule has 0 amide bonds. The van der Waals surface area contributed by atoms with Crippen LogP contribution in [0.1, 0.15) is 0 Å². The van der Waals surface area contributed by atoms with E-state index < -0.39 is 0 Å². The van der Waals surface area contributed by atoms with E-state index in [1.807, 2.05) is 72.8 Å². The van der Waals surface area contributed by atoms with Gasteiger partial charge in [0.25, 0.3) is 0 Å². The summed E-state index contributed by atoms with van der Waals surface area (Å²) in [5.74, 6) is 2.87. The Hall–Kier alpha value is -6.02. The first-order chi connectivity index (χ1) is 20.5. The SMILES string of the molecule is Nc1c(Oc2ccccc2)c(N)c2c(N)c(Oc3ccccc3)c(N)c(Oc3ccccc3)c2c1Oc1ccccc1. The first-order valence-corrected chi connectivity index (χ1v) is 13.2. The van der Waals surface area contributed by atoms with Gasteiger partial charge in [0.15, 0.2) is 23.0 Å². The number of anilines is 4. The number of para-hydroxylation sites is 4. The van der Waals surface area contributed by atoms with Gasteiger partial charge in [-0.3, -0.25) is 0 Å². The molecular weight excluding hydrogens is 528 g/mol. The molecule has 0 radical (unpaired) electrons. The Morgan fingerprint density at radius 1 is 0.286 bits per heavy atom. The maximum atomic E-state index is 6.81. The smallest absolute Gasteiger partial charge is 0.177 e. The highest BCUT2D eigenvalue weighted by Gasteiger charge is 2.30. The van der Waals surface area contributed by atoms with Crippen LogP contribution in [-0.2, 0) is 0 Å². The largest absolute Gasteiger partial charge is 0.454 e. The normalized spacial score (nSPS) is 10.8. The first-order valence-electron chi connectivity index (χ1n) is 13.2. The van der Waals surface area contributed by atoms with Crippen molar-refractivity contribution >= 4 is 33.5 Å². The number of fused-ring (bicyclic) bond motifs is 1. The quantitative estimate of drug-likeness (QED) is 0.137. The average molecular weight is 557 g/mol. The molecule has 0 unspecified atom stereocenters. The Morgan fingerprint density at radius 3 is 0.833 bits per heavy atom. The third-order valence-electron chi connectivity index (χ3n) is 6.56. The van der Waals surface area contributed by atoms with Crippen molar-refractivity contribution in [2.45, 2.75) is 0 Å². The molecule has 208 valence electrons. The topological polar surface area (TPSA) is 141 Å². The van der Waals surface area contributed by atoms with Crippen LogP contribution in [0.25, 0.3) is 10.8 Å². The molecule has 0 spiro atoms. The van der Waals surface area contributed by atoms with E-state index in [1.54, 1.807) is 48.5 Å². The highest BCUT2D eigenvalue weighted by atomic mass is 16.5. The maximum absolute atomic E-state index is 6.81. The first kappa shape index (κ1) is 26.2. The summed E-state index contributed by atoms with van der Waals surface area (Å²) in [7, 11) is 0. The van der Waals surface area contributed by atoms with Crippen molar-refractivity contribution in [3.05, 3.63) is 121 Å². The molecular formula is C34H28N4O4. The summed E-state index contributed by atoms with van der Waals surface area (Å²) in [6.07, 6.45) is 0. The summed E-state index contributed by atoms with van der Waals surface area (Å²) in [5.41, 5.74) is 27.8. The zero-order chi connectivity index (χ0) is 29.1. The molecule has 6 aromatic carbocycles. The predicted octanol–water partition coefficient (Wildman–Crippen LogP) is 8.34. The second-order valence-electron chi connectivity index (χ2n) is 9.38. The van der Waals surface area contributed by atoms with Crippen molar-refractivity contribution < 1.29 is 18.9 Å². The van der Waals surface area contributed by atoms with Gasteiger partial charge in [-0.2, -0.15) is 0 Å². The standard InChI is InChI=1S/C34H28N4O4/c35-27-25-26(31(39-21-13-5-1-6-14-21)29(37)33(27)41-23-17-9-3-10-18-23)32(40-22-15-7-2-8-16-22)30(38)34(28(25)36)42-24-19-11-4-12-20-24/h1-20H,35-38H2. The Kier molecular flexibility index (Phi) is 7.01. The molecule has 0 aliphatic heterocycles. The molecule has 8 heteroatoms. The van der Waals surface area contributed by atoms with Gasteiger partial charge in [0.2, 0.25) is 0 Å². The summed E-state index contributed by atoms with van der Waals surface area (Å²) in [6, 6.07) is 36.7. The average Bonchev–Trinajstić information content (AvgIpc) is 3.03. The van der Waals surface area contributed by atoms with Crippen LogP contribution in [0.5, 0.6) is 46.0 Å². The highest BCUT2D eigenvalue weighted by molar-refractivity contribution is 6.17. The third-order valence-corrected chi connectivity index (χ3v) is 6.56. The lowest BCUT2D eigenvalue weighted by molar-refractivity contribution is 0.459. The van der Waals surface area contributed by atoms with Gasteiger partial charge in [0, 0.05) is 5.39 Å². The fourth-order valence-electron chi connectivity index (χ4n) is 4.59. The Labute approximate surface area is 242 Å². The zero-order valence-electron chi connectivity index (χ0n) is 22.5. The lowest BCUT2D eigenvalue weighted by atomic mass is 10.00. The molecule has 6 aromatic rings. The Balaban J connectivity index is 1.68.